The normalized spacial score (nSPS) is 12.0. The summed E-state index contributed by atoms with van der Waals surface area (Å²) in [6.07, 6.45) is 1.99. The summed E-state index contributed by atoms with van der Waals surface area (Å²) in [4.78, 5) is 0. The molecule has 0 aliphatic rings. The molecule has 3 nitrogen and oxygen atoms in total. The molecule has 68 valence electrons. The first-order valence-electron chi connectivity index (χ1n) is 4.34. The van der Waals surface area contributed by atoms with Gasteiger partial charge in [0.15, 0.2) is 0 Å². The molecule has 1 aromatic rings. The van der Waals surface area contributed by atoms with E-state index in [1.54, 1.807) is 0 Å². The van der Waals surface area contributed by atoms with Crippen molar-refractivity contribution in [2.45, 2.75) is 32.7 Å². The summed E-state index contributed by atoms with van der Waals surface area (Å²) in [6, 6.07) is 2.04. The minimum Gasteiger partial charge on any atom is -0.330 e. The third-order valence-corrected chi connectivity index (χ3v) is 2.17. The van der Waals surface area contributed by atoms with Crippen molar-refractivity contribution in [3.63, 3.8) is 0 Å². The maximum atomic E-state index is 5.64. The fraction of sp³-hybridized carbons (Fsp3) is 0.667. The molecule has 0 spiro atoms. The van der Waals surface area contributed by atoms with E-state index in [2.05, 4.69) is 25.9 Å². The van der Waals surface area contributed by atoms with Gasteiger partial charge in [0.25, 0.3) is 0 Å². The topological polar surface area (TPSA) is 43.8 Å². The summed E-state index contributed by atoms with van der Waals surface area (Å²) in [5, 5.41) is 4.41. The van der Waals surface area contributed by atoms with Crippen LogP contribution >= 0.6 is 0 Å². The Balaban J connectivity index is 2.88. The Bertz CT molecular complexity index is 250. The van der Waals surface area contributed by atoms with Gasteiger partial charge in [0.1, 0.15) is 0 Å². The van der Waals surface area contributed by atoms with Crippen LogP contribution in [0.3, 0.4) is 0 Å². The smallest absolute Gasteiger partial charge is 0.0693 e. The highest BCUT2D eigenvalue weighted by Gasteiger charge is 2.20. The zero-order chi connectivity index (χ0) is 9.19. The van der Waals surface area contributed by atoms with Gasteiger partial charge in [0.2, 0.25) is 0 Å². The van der Waals surface area contributed by atoms with E-state index in [-0.39, 0.29) is 5.41 Å². The molecular formula is C9H17N3. The predicted octanol–water partition coefficient (Wildman–Crippen LogP) is 1.14. The average Bonchev–Trinajstić information content (AvgIpc) is 2.52. The highest BCUT2D eigenvalue weighted by molar-refractivity contribution is 5.12. The molecule has 12 heavy (non-hydrogen) atoms. The zero-order valence-electron chi connectivity index (χ0n) is 8.04. The van der Waals surface area contributed by atoms with Crippen LogP contribution in [0.4, 0.5) is 0 Å². The third-order valence-electron chi connectivity index (χ3n) is 2.17. The second-order valence-corrected chi connectivity index (χ2v) is 3.64. The molecule has 0 aliphatic carbocycles. The Morgan fingerprint density at radius 2 is 2.25 bits per heavy atom. The van der Waals surface area contributed by atoms with Crippen LogP contribution in [0.5, 0.6) is 0 Å². The fourth-order valence-corrected chi connectivity index (χ4v) is 1.00. The number of nitrogens with two attached hydrogens (primary N) is 1. The minimum atomic E-state index is 0.000417. The van der Waals surface area contributed by atoms with E-state index < -0.39 is 0 Å². The van der Waals surface area contributed by atoms with E-state index in [4.69, 9.17) is 5.73 Å². The summed E-state index contributed by atoms with van der Waals surface area (Å²) in [7, 11) is 0. The Morgan fingerprint density at radius 3 is 2.67 bits per heavy atom. The van der Waals surface area contributed by atoms with Crippen molar-refractivity contribution in [3.05, 3.63) is 18.0 Å². The fourth-order valence-electron chi connectivity index (χ4n) is 1.00. The van der Waals surface area contributed by atoms with Crippen molar-refractivity contribution in [1.82, 2.24) is 9.78 Å². The number of hydrogen-bond donors (Lipinski definition) is 1. The van der Waals surface area contributed by atoms with Gasteiger partial charge in [-0.15, -0.1) is 0 Å². The van der Waals surface area contributed by atoms with Gasteiger partial charge >= 0.3 is 0 Å². The van der Waals surface area contributed by atoms with E-state index in [9.17, 15) is 0 Å². The van der Waals surface area contributed by atoms with Gasteiger partial charge in [-0.3, -0.25) is 4.68 Å². The second kappa shape index (κ2) is 3.27. The average molecular weight is 167 g/mol. The maximum Gasteiger partial charge on any atom is 0.0693 e. The molecule has 0 aromatic carbocycles. The van der Waals surface area contributed by atoms with E-state index >= 15 is 0 Å². The quantitative estimate of drug-likeness (QED) is 0.733. The SMILES string of the molecule is CCn1ccc(C(C)(C)CN)n1. The van der Waals surface area contributed by atoms with Crippen LogP contribution in [0.25, 0.3) is 0 Å². The summed E-state index contributed by atoms with van der Waals surface area (Å²) >= 11 is 0. The number of hydrogen-bond acceptors (Lipinski definition) is 2. The molecule has 0 bridgehead atoms. The standard InChI is InChI=1S/C9H17N3/c1-4-12-6-5-8(11-12)9(2,3)7-10/h5-6H,4,7,10H2,1-3H3. The Hall–Kier alpha value is -0.830. The lowest BCUT2D eigenvalue weighted by Gasteiger charge is -2.18. The van der Waals surface area contributed by atoms with Crippen LogP contribution in [-0.4, -0.2) is 16.3 Å². The number of nitrogens with zero attached hydrogens (tertiary/aromatic N) is 2. The molecule has 0 fully saturated rings. The summed E-state index contributed by atoms with van der Waals surface area (Å²) in [5.41, 5.74) is 6.72. The molecule has 1 rings (SSSR count). The van der Waals surface area contributed by atoms with Gasteiger partial charge in [0.05, 0.1) is 5.69 Å². The molecular weight excluding hydrogens is 150 g/mol. The van der Waals surface area contributed by atoms with Gasteiger partial charge in [-0.05, 0) is 13.0 Å². The van der Waals surface area contributed by atoms with Crippen molar-refractivity contribution in [3.8, 4) is 0 Å². The first-order valence-corrected chi connectivity index (χ1v) is 4.34. The number of aryl methyl sites for hydroxylation is 1. The molecule has 2 N–H and O–H groups in total. The van der Waals surface area contributed by atoms with Gasteiger partial charge in [-0.2, -0.15) is 5.10 Å². The van der Waals surface area contributed by atoms with Gasteiger partial charge in [0, 0.05) is 24.7 Å². The predicted molar refractivity (Wildman–Crippen MR) is 50.0 cm³/mol. The van der Waals surface area contributed by atoms with Crippen LogP contribution in [-0.2, 0) is 12.0 Å². The van der Waals surface area contributed by atoms with Crippen LogP contribution in [0, 0.1) is 0 Å². The lowest BCUT2D eigenvalue weighted by Crippen LogP contribution is -2.28. The monoisotopic (exact) mass is 167 g/mol. The molecule has 1 aromatic heterocycles. The number of aromatic nitrogens is 2. The first kappa shape index (κ1) is 9.26. The van der Waals surface area contributed by atoms with Gasteiger partial charge < -0.3 is 5.73 Å². The maximum absolute atomic E-state index is 5.64. The van der Waals surface area contributed by atoms with Crippen LogP contribution in [0.15, 0.2) is 12.3 Å². The zero-order valence-corrected chi connectivity index (χ0v) is 8.04. The van der Waals surface area contributed by atoms with Crippen molar-refractivity contribution < 1.29 is 0 Å². The molecule has 0 saturated carbocycles. The van der Waals surface area contributed by atoms with Crippen molar-refractivity contribution in [2.24, 2.45) is 5.73 Å². The van der Waals surface area contributed by atoms with Crippen molar-refractivity contribution in [1.29, 1.82) is 0 Å². The minimum absolute atomic E-state index is 0.000417. The van der Waals surface area contributed by atoms with E-state index in [0.29, 0.717) is 6.54 Å². The van der Waals surface area contributed by atoms with Crippen LogP contribution < -0.4 is 5.73 Å². The summed E-state index contributed by atoms with van der Waals surface area (Å²) in [6.45, 7) is 7.84. The molecule has 0 unspecified atom stereocenters. The Morgan fingerprint density at radius 1 is 1.58 bits per heavy atom. The lowest BCUT2D eigenvalue weighted by molar-refractivity contribution is 0.504. The molecule has 0 saturated heterocycles. The molecule has 0 aliphatic heterocycles. The molecule has 0 radical (unpaired) electrons. The van der Waals surface area contributed by atoms with Crippen molar-refractivity contribution in [2.75, 3.05) is 6.54 Å². The summed E-state index contributed by atoms with van der Waals surface area (Å²) < 4.78 is 1.92. The summed E-state index contributed by atoms with van der Waals surface area (Å²) in [5.74, 6) is 0. The Labute approximate surface area is 73.6 Å². The second-order valence-electron chi connectivity index (χ2n) is 3.64. The highest BCUT2D eigenvalue weighted by Crippen LogP contribution is 2.18. The van der Waals surface area contributed by atoms with E-state index in [1.165, 1.54) is 0 Å². The van der Waals surface area contributed by atoms with Crippen molar-refractivity contribution >= 4 is 0 Å². The first-order chi connectivity index (χ1) is 5.60. The van der Waals surface area contributed by atoms with Crippen LogP contribution in [0.2, 0.25) is 0 Å². The number of rotatable bonds is 3. The van der Waals surface area contributed by atoms with Gasteiger partial charge in [-0.1, -0.05) is 13.8 Å². The molecule has 0 atom stereocenters. The molecule has 1 heterocycles. The Kier molecular flexibility index (Phi) is 2.52. The van der Waals surface area contributed by atoms with Gasteiger partial charge in [-0.25, -0.2) is 0 Å². The largest absolute Gasteiger partial charge is 0.330 e. The van der Waals surface area contributed by atoms with E-state index in [1.807, 2.05) is 16.9 Å². The van der Waals surface area contributed by atoms with Crippen LogP contribution in [0.1, 0.15) is 26.5 Å². The highest BCUT2D eigenvalue weighted by atomic mass is 15.3. The third kappa shape index (κ3) is 1.67. The van der Waals surface area contributed by atoms with E-state index in [0.717, 1.165) is 12.2 Å². The molecule has 0 amide bonds. The molecule has 3 heteroatoms. The lowest BCUT2D eigenvalue weighted by atomic mass is 9.90.